The van der Waals surface area contributed by atoms with Gasteiger partial charge in [-0.1, -0.05) is 30.3 Å². The van der Waals surface area contributed by atoms with Crippen molar-refractivity contribution in [2.45, 2.75) is 50.5 Å². The third-order valence-electron chi connectivity index (χ3n) is 7.96. The molecule has 0 unspecified atom stereocenters. The third-order valence-corrected chi connectivity index (χ3v) is 7.96. The molecule has 2 aromatic carbocycles. The van der Waals surface area contributed by atoms with Crippen molar-refractivity contribution in [3.05, 3.63) is 76.3 Å². The molecule has 1 saturated heterocycles. The Hall–Kier alpha value is -3.00. The molecule has 1 saturated carbocycles. The van der Waals surface area contributed by atoms with Gasteiger partial charge in [0.25, 0.3) is 0 Å². The number of rotatable bonds is 5. The van der Waals surface area contributed by atoms with Crippen LogP contribution in [0.3, 0.4) is 0 Å². The maximum Gasteiger partial charge on any atom is 0.328 e. The van der Waals surface area contributed by atoms with Gasteiger partial charge in [0.05, 0.1) is 29.3 Å². The van der Waals surface area contributed by atoms with Gasteiger partial charge < -0.3 is 10.1 Å². The van der Waals surface area contributed by atoms with Crippen molar-refractivity contribution in [2.75, 3.05) is 13.2 Å². The Morgan fingerprint density at radius 2 is 1.91 bits per heavy atom. The second-order valence-electron chi connectivity index (χ2n) is 10.1. The number of hydrogen-bond donors (Lipinski definition) is 1. The number of nitrogens with zero attached hydrogens (tertiary/aromatic N) is 4. The monoisotopic (exact) mass is 471 g/mol. The molecular formula is C28H33N5O2. The summed E-state index contributed by atoms with van der Waals surface area (Å²) in [7, 11) is 3.68. The molecule has 0 amide bonds. The fraction of sp³-hybridized carbons (Fsp3) is 0.429. The van der Waals surface area contributed by atoms with Crippen LogP contribution in [0.25, 0.3) is 21.9 Å². The van der Waals surface area contributed by atoms with Crippen molar-refractivity contribution in [1.82, 2.24) is 24.3 Å². The summed E-state index contributed by atoms with van der Waals surface area (Å²) >= 11 is 0. The van der Waals surface area contributed by atoms with Crippen LogP contribution in [-0.4, -0.2) is 50.4 Å². The summed E-state index contributed by atoms with van der Waals surface area (Å²) in [5.41, 5.74) is 5.59. The molecule has 35 heavy (non-hydrogen) atoms. The summed E-state index contributed by atoms with van der Waals surface area (Å²) in [5.74, 6) is 0. The second kappa shape index (κ2) is 9.22. The van der Waals surface area contributed by atoms with Gasteiger partial charge in [-0.2, -0.15) is 0 Å². The highest BCUT2D eigenvalue weighted by molar-refractivity contribution is 5.81. The minimum Gasteiger partial charge on any atom is -0.375 e. The number of nitrogens with one attached hydrogen (secondary N) is 1. The molecule has 182 valence electrons. The first-order valence-electron chi connectivity index (χ1n) is 12.6. The minimum absolute atomic E-state index is 0.0219. The zero-order valence-electron chi connectivity index (χ0n) is 20.5. The van der Waals surface area contributed by atoms with Gasteiger partial charge in [-0.15, -0.1) is 0 Å². The fourth-order valence-corrected chi connectivity index (χ4v) is 6.03. The number of para-hydroxylation sites is 1. The standard InChI is InChI=1S/C28H33N5O2/c1-31-23-10-8-19(15-25(23)32(2)28(31)34)18-33-13-14-35-26-16-22(9-11-24(26)33)30-17-21-6-3-5-20-7-4-12-29-27(20)21/h3-8,10,12,15,22,24,26,30H,9,11,13-14,16-18H2,1-2H3/t22-,24-,26+/m1/s1. The van der Waals surface area contributed by atoms with E-state index in [1.54, 1.807) is 9.13 Å². The number of aromatic nitrogens is 3. The number of aryl methyl sites for hydroxylation is 2. The van der Waals surface area contributed by atoms with Crippen LogP contribution in [0.5, 0.6) is 0 Å². The summed E-state index contributed by atoms with van der Waals surface area (Å²) in [6.07, 6.45) is 5.43. The second-order valence-corrected chi connectivity index (χ2v) is 10.1. The van der Waals surface area contributed by atoms with Gasteiger partial charge in [0.2, 0.25) is 0 Å². The van der Waals surface area contributed by atoms with E-state index < -0.39 is 0 Å². The largest absolute Gasteiger partial charge is 0.375 e. The first kappa shape index (κ1) is 22.5. The normalized spacial score (nSPS) is 23.1. The Morgan fingerprint density at radius 1 is 1.06 bits per heavy atom. The van der Waals surface area contributed by atoms with Gasteiger partial charge in [-0.25, -0.2) is 4.79 Å². The molecule has 2 fully saturated rings. The smallest absolute Gasteiger partial charge is 0.328 e. The molecule has 0 bridgehead atoms. The zero-order valence-corrected chi connectivity index (χ0v) is 20.5. The lowest BCUT2D eigenvalue weighted by Gasteiger charge is -2.46. The molecule has 6 rings (SSSR count). The predicted molar refractivity (Wildman–Crippen MR) is 138 cm³/mol. The molecule has 1 N–H and O–H groups in total. The Labute approximate surface area is 205 Å². The van der Waals surface area contributed by atoms with Gasteiger partial charge in [-0.05, 0) is 48.6 Å². The number of hydrogen-bond acceptors (Lipinski definition) is 5. The molecule has 1 aliphatic heterocycles. The zero-order chi connectivity index (χ0) is 23.9. The first-order chi connectivity index (χ1) is 17.1. The highest BCUT2D eigenvalue weighted by Gasteiger charge is 2.37. The van der Waals surface area contributed by atoms with Gasteiger partial charge in [-0.3, -0.25) is 19.0 Å². The van der Waals surface area contributed by atoms with E-state index in [9.17, 15) is 4.79 Å². The SMILES string of the molecule is Cn1c(=O)n(C)c2cc(CN3CCO[C@H]4C[C@H](NCc5cccc6cccnc56)CC[C@H]43)ccc21. The van der Waals surface area contributed by atoms with Crippen molar-refractivity contribution in [2.24, 2.45) is 14.1 Å². The quantitative estimate of drug-likeness (QED) is 0.484. The predicted octanol–water partition coefficient (Wildman–Crippen LogP) is 3.34. The van der Waals surface area contributed by atoms with Crippen LogP contribution in [0, 0.1) is 0 Å². The van der Waals surface area contributed by atoms with Crippen molar-refractivity contribution in [3.8, 4) is 0 Å². The number of ether oxygens (including phenoxy) is 1. The van der Waals surface area contributed by atoms with E-state index in [0.717, 1.165) is 62.1 Å². The van der Waals surface area contributed by atoms with Gasteiger partial charge in [0.15, 0.2) is 0 Å². The topological polar surface area (TPSA) is 64.3 Å². The van der Waals surface area contributed by atoms with E-state index in [1.807, 2.05) is 26.4 Å². The van der Waals surface area contributed by atoms with Crippen LogP contribution < -0.4 is 11.0 Å². The Bertz CT molecular complexity index is 1420. The van der Waals surface area contributed by atoms with E-state index in [1.165, 1.54) is 16.5 Å². The number of fused-ring (bicyclic) bond motifs is 3. The van der Waals surface area contributed by atoms with Crippen LogP contribution in [-0.2, 0) is 31.9 Å². The molecule has 1 aliphatic carbocycles. The van der Waals surface area contributed by atoms with Gasteiger partial charge >= 0.3 is 5.69 Å². The highest BCUT2D eigenvalue weighted by Crippen LogP contribution is 2.30. The molecule has 0 radical (unpaired) electrons. The average molecular weight is 472 g/mol. The summed E-state index contributed by atoms with van der Waals surface area (Å²) in [4.78, 5) is 19.5. The first-order valence-corrected chi connectivity index (χ1v) is 12.6. The molecule has 2 aliphatic rings. The van der Waals surface area contributed by atoms with Crippen molar-refractivity contribution in [1.29, 1.82) is 0 Å². The molecular weight excluding hydrogens is 438 g/mol. The number of imidazole rings is 1. The molecule has 0 spiro atoms. The van der Waals surface area contributed by atoms with Crippen LogP contribution in [0.1, 0.15) is 30.4 Å². The van der Waals surface area contributed by atoms with Gasteiger partial charge in [0.1, 0.15) is 0 Å². The Balaban J connectivity index is 1.12. The Kier molecular flexibility index (Phi) is 5.92. The lowest BCUT2D eigenvalue weighted by atomic mass is 9.86. The number of morpholine rings is 1. The van der Waals surface area contributed by atoms with Crippen LogP contribution in [0.2, 0.25) is 0 Å². The van der Waals surface area contributed by atoms with Crippen LogP contribution in [0.15, 0.2) is 59.5 Å². The molecule has 7 nitrogen and oxygen atoms in total. The lowest BCUT2D eigenvalue weighted by Crippen LogP contribution is -2.55. The van der Waals surface area contributed by atoms with Crippen molar-refractivity contribution in [3.63, 3.8) is 0 Å². The highest BCUT2D eigenvalue weighted by atomic mass is 16.5. The molecule has 2 aromatic heterocycles. The number of pyridine rings is 1. The summed E-state index contributed by atoms with van der Waals surface area (Å²) in [6, 6.07) is 17.8. The summed E-state index contributed by atoms with van der Waals surface area (Å²) < 4.78 is 9.72. The molecule has 4 aromatic rings. The van der Waals surface area contributed by atoms with Gasteiger partial charge in [0, 0.05) is 57.4 Å². The van der Waals surface area contributed by atoms with Crippen LogP contribution >= 0.6 is 0 Å². The van der Waals surface area contributed by atoms with Crippen LogP contribution in [0.4, 0.5) is 0 Å². The Morgan fingerprint density at radius 3 is 2.83 bits per heavy atom. The lowest BCUT2D eigenvalue weighted by molar-refractivity contribution is -0.0965. The van der Waals surface area contributed by atoms with E-state index in [2.05, 4.69) is 57.7 Å². The maximum absolute atomic E-state index is 12.3. The third kappa shape index (κ3) is 4.18. The maximum atomic E-state index is 12.3. The van der Waals surface area contributed by atoms with E-state index in [0.29, 0.717) is 12.1 Å². The van der Waals surface area contributed by atoms with E-state index in [4.69, 9.17) is 4.74 Å². The minimum atomic E-state index is 0.0219. The average Bonchev–Trinajstić information content (AvgIpc) is 3.11. The van der Waals surface area contributed by atoms with E-state index in [-0.39, 0.29) is 11.8 Å². The fourth-order valence-electron chi connectivity index (χ4n) is 6.03. The summed E-state index contributed by atoms with van der Waals surface area (Å²) in [6.45, 7) is 3.44. The van der Waals surface area contributed by atoms with Crippen molar-refractivity contribution >= 4 is 21.9 Å². The summed E-state index contributed by atoms with van der Waals surface area (Å²) in [5, 5.41) is 4.98. The van der Waals surface area contributed by atoms with Crippen molar-refractivity contribution < 1.29 is 4.74 Å². The van der Waals surface area contributed by atoms with E-state index >= 15 is 0 Å². The molecule has 3 heterocycles. The molecule has 7 heteroatoms. The molecule has 3 atom stereocenters. The number of benzene rings is 2.